The number of alkyl halides is 3. The number of hydrogen-bond acceptors (Lipinski definition) is 1. The van der Waals surface area contributed by atoms with Gasteiger partial charge in [0.15, 0.2) is 0 Å². The minimum Gasteiger partial charge on any atom is -0.392 e. The van der Waals surface area contributed by atoms with Crippen molar-refractivity contribution >= 4 is 21.5 Å². The van der Waals surface area contributed by atoms with Crippen molar-refractivity contribution < 1.29 is 18.3 Å². The minimum atomic E-state index is -4.35. The monoisotopic (exact) mass is 356 g/mol. The van der Waals surface area contributed by atoms with E-state index in [-0.39, 0.29) is 6.61 Å². The molecule has 0 fully saturated rings. The highest BCUT2D eigenvalue weighted by Crippen LogP contribution is 2.31. The number of aliphatic hydroxyl groups is 1. The summed E-state index contributed by atoms with van der Waals surface area (Å²) in [6.07, 6.45) is -2.77. The van der Waals surface area contributed by atoms with Gasteiger partial charge in [0, 0.05) is 4.47 Å². The van der Waals surface area contributed by atoms with E-state index in [1.165, 1.54) is 12.1 Å². The lowest BCUT2D eigenvalue weighted by molar-refractivity contribution is -0.137. The van der Waals surface area contributed by atoms with E-state index in [9.17, 15) is 13.2 Å². The van der Waals surface area contributed by atoms with Crippen molar-refractivity contribution in [3.8, 4) is 0 Å². The van der Waals surface area contributed by atoms with Crippen LogP contribution in [0.4, 0.5) is 13.2 Å². The summed E-state index contributed by atoms with van der Waals surface area (Å²) >= 11 is 3.33. The van der Waals surface area contributed by atoms with Crippen molar-refractivity contribution in [3.05, 3.63) is 75.8 Å². The lowest BCUT2D eigenvalue weighted by atomic mass is 9.97. The summed E-state index contributed by atoms with van der Waals surface area (Å²) in [5.41, 5.74) is 1.45. The molecule has 0 spiro atoms. The van der Waals surface area contributed by atoms with Crippen LogP contribution in [0.25, 0.3) is 5.57 Å². The van der Waals surface area contributed by atoms with Crippen molar-refractivity contribution in [2.75, 3.05) is 6.61 Å². The van der Waals surface area contributed by atoms with Crippen molar-refractivity contribution in [1.82, 2.24) is 0 Å². The zero-order valence-corrected chi connectivity index (χ0v) is 12.4. The van der Waals surface area contributed by atoms with Gasteiger partial charge in [0.25, 0.3) is 0 Å². The molecule has 0 aliphatic heterocycles. The fourth-order valence-electron chi connectivity index (χ4n) is 1.96. The molecule has 0 aliphatic carbocycles. The predicted octanol–water partition coefficient (Wildman–Crippen LogP) is 4.89. The second-order valence-corrected chi connectivity index (χ2v) is 5.30. The molecular formula is C16H12BrF3O. The molecule has 110 valence electrons. The molecule has 0 aromatic heterocycles. The number of rotatable bonds is 3. The Labute approximate surface area is 128 Å². The van der Waals surface area contributed by atoms with Crippen LogP contribution >= 0.6 is 15.9 Å². The number of aliphatic hydroxyl groups excluding tert-OH is 1. The molecule has 1 N–H and O–H groups in total. The normalized spacial score (nSPS) is 12.5. The van der Waals surface area contributed by atoms with Crippen LogP contribution in [0.15, 0.2) is 59.1 Å². The standard InChI is InChI=1S/C16H12BrF3O/c17-14-7-3-12(4-8-14)15(9-10-21)11-1-5-13(6-2-11)16(18,19)20/h1-9,21H,10H2/b15-9-. The summed E-state index contributed by atoms with van der Waals surface area (Å²) in [6, 6.07) is 12.2. The highest BCUT2D eigenvalue weighted by atomic mass is 79.9. The van der Waals surface area contributed by atoms with Crippen molar-refractivity contribution in [2.45, 2.75) is 6.18 Å². The molecule has 0 heterocycles. The van der Waals surface area contributed by atoms with Crippen molar-refractivity contribution in [1.29, 1.82) is 0 Å². The molecule has 1 nitrogen and oxygen atoms in total. The Kier molecular flexibility index (Phi) is 4.85. The molecular weight excluding hydrogens is 345 g/mol. The average Bonchev–Trinajstić information content (AvgIpc) is 2.45. The number of benzene rings is 2. The van der Waals surface area contributed by atoms with E-state index >= 15 is 0 Å². The van der Waals surface area contributed by atoms with Gasteiger partial charge in [0.1, 0.15) is 0 Å². The van der Waals surface area contributed by atoms with Crippen LogP contribution in [-0.2, 0) is 6.18 Å². The molecule has 2 aromatic rings. The fraction of sp³-hybridized carbons (Fsp3) is 0.125. The molecule has 0 bridgehead atoms. The molecule has 0 radical (unpaired) electrons. The molecule has 21 heavy (non-hydrogen) atoms. The zero-order valence-electron chi connectivity index (χ0n) is 10.9. The van der Waals surface area contributed by atoms with Crippen LogP contribution < -0.4 is 0 Å². The van der Waals surface area contributed by atoms with Crippen LogP contribution in [0.1, 0.15) is 16.7 Å². The van der Waals surface area contributed by atoms with Crippen LogP contribution in [0, 0.1) is 0 Å². The topological polar surface area (TPSA) is 20.2 Å². The van der Waals surface area contributed by atoms with Crippen LogP contribution in [0.5, 0.6) is 0 Å². The first kappa shape index (κ1) is 15.8. The second-order valence-electron chi connectivity index (χ2n) is 4.38. The maximum absolute atomic E-state index is 12.6. The van der Waals surface area contributed by atoms with E-state index in [1.807, 2.05) is 24.3 Å². The Bertz CT molecular complexity index is 628. The van der Waals surface area contributed by atoms with Gasteiger partial charge in [-0.05, 0) is 41.0 Å². The van der Waals surface area contributed by atoms with E-state index in [1.54, 1.807) is 6.08 Å². The van der Waals surface area contributed by atoms with Gasteiger partial charge < -0.3 is 5.11 Å². The van der Waals surface area contributed by atoms with Crippen LogP contribution in [0.2, 0.25) is 0 Å². The zero-order chi connectivity index (χ0) is 15.5. The smallest absolute Gasteiger partial charge is 0.392 e. The Hall–Kier alpha value is -1.59. The molecule has 0 amide bonds. The van der Waals surface area contributed by atoms with E-state index in [0.717, 1.165) is 22.2 Å². The Morgan fingerprint density at radius 1 is 0.952 bits per heavy atom. The Morgan fingerprint density at radius 2 is 1.43 bits per heavy atom. The van der Waals surface area contributed by atoms with E-state index in [4.69, 9.17) is 5.11 Å². The van der Waals surface area contributed by atoms with Gasteiger partial charge in [-0.3, -0.25) is 0 Å². The molecule has 2 aromatic carbocycles. The quantitative estimate of drug-likeness (QED) is 0.829. The summed E-state index contributed by atoms with van der Waals surface area (Å²) in [4.78, 5) is 0. The predicted molar refractivity (Wildman–Crippen MR) is 79.8 cm³/mol. The first-order valence-electron chi connectivity index (χ1n) is 6.16. The molecule has 0 unspecified atom stereocenters. The average molecular weight is 357 g/mol. The fourth-order valence-corrected chi connectivity index (χ4v) is 2.23. The van der Waals surface area contributed by atoms with E-state index in [0.29, 0.717) is 11.1 Å². The van der Waals surface area contributed by atoms with E-state index < -0.39 is 11.7 Å². The van der Waals surface area contributed by atoms with Gasteiger partial charge in [-0.2, -0.15) is 13.2 Å². The first-order chi connectivity index (χ1) is 9.91. The molecule has 0 saturated carbocycles. The van der Waals surface area contributed by atoms with Crippen LogP contribution in [-0.4, -0.2) is 11.7 Å². The van der Waals surface area contributed by atoms with Gasteiger partial charge in [-0.1, -0.05) is 46.3 Å². The second kappa shape index (κ2) is 6.45. The maximum atomic E-state index is 12.6. The summed E-state index contributed by atoms with van der Waals surface area (Å²) in [5.74, 6) is 0. The minimum absolute atomic E-state index is 0.188. The molecule has 0 saturated heterocycles. The third kappa shape index (κ3) is 3.95. The highest BCUT2D eigenvalue weighted by molar-refractivity contribution is 9.10. The van der Waals surface area contributed by atoms with Crippen LogP contribution in [0.3, 0.4) is 0 Å². The third-order valence-corrected chi connectivity index (χ3v) is 3.50. The van der Waals surface area contributed by atoms with Gasteiger partial charge in [0.2, 0.25) is 0 Å². The summed E-state index contributed by atoms with van der Waals surface area (Å²) < 4.78 is 38.6. The van der Waals surface area contributed by atoms with Gasteiger partial charge in [0.05, 0.1) is 12.2 Å². The first-order valence-corrected chi connectivity index (χ1v) is 6.95. The summed E-state index contributed by atoms with van der Waals surface area (Å²) in [5, 5.41) is 9.13. The van der Waals surface area contributed by atoms with Gasteiger partial charge in [-0.25, -0.2) is 0 Å². The van der Waals surface area contributed by atoms with Crippen molar-refractivity contribution in [2.24, 2.45) is 0 Å². The highest BCUT2D eigenvalue weighted by Gasteiger charge is 2.30. The van der Waals surface area contributed by atoms with Gasteiger partial charge in [-0.15, -0.1) is 0 Å². The summed E-state index contributed by atoms with van der Waals surface area (Å²) in [7, 11) is 0. The van der Waals surface area contributed by atoms with E-state index in [2.05, 4.69) is 15.9 Å². The lowest BCUT2D eigenvalue weighted by Crippen LogP contribution is -2.04. The van der Waals surface area contributed by atoms with Gasteiger partial charge >= 0.3 is 6.18 Å². The molecule has 5 heteroatoms. The third-order valence-electron chi connectivity index (χ3n) is 2.97. The summed E-state index contributed by atoms with van der Waals surface area (Å²) in [6.45, 7) is -0.188. The molecule has 2 rings (SSSR count). The lowest BCUT2D eigenvalue weighted by Gasteiger charge is -2.11. The SMILES string of the molecule is OC/C=C(\c1ccc(Br)cc1)c1ccc(C(F)(F)F)cc1. The van der Waals surface area contributed by atoms with Crippen molar-refractivity contribution in [3.63, 3.8) is 0 Å². The largest absolute Gasteiger partial charge is 0.416 e. The Balaban J connectivity index is 2.40. The number of hydrogen-bond donors (Lipinski definition) is 1. The maximum Gasteiger partial charge on any atom is 0.416 e. The number of halogens is 4. The molecule has 0 atom stereocenters. The Morgan fingerprint density at radius 3 is 1.86 bits per heavy atom. The molecule has 0 aliphatic rings.